The zero-order valence-corrected chi connectivity index (χ0v) is 19.4. The highest BCUT2D eigenvalue weighted by Gasteiger charge is 2.43. The Morgan fingerprint density at radius 1 is 1.16 bits per heavy atom. The predicted octanol–water partition coefficient (Wildman–Crippen LogP) is 3.80. The molecule has 1 aromatic carbocycles. The summed E-state index contributed by atoms with van der Waals surface area (Å²) in [4.78, 5) is 40.5. The molecule has 170 valence electrons. The van der Waals surface area contributed by atoms with Gasteiger partial charge in [-0.2, -0.15) is 0 Å². The van der Waals surface area contributed by atoms with Crippen LogP contribution in [0.4, 0.5) is 4.79 Å². The van der Waals surface area contributed by atoms with Gasteiger partial charge < -0.3 is 20.3 Å². The van der Waals surface area contributed by atoms with Crippen LogP contribution < -0.4 is 10.6 Å². The van der Waals surface area contributed by atoms with Gasteiger partial charge in [-0.1, -0.05) is 30.9 Å². The second-order valence-electron chi connectivity index (χ2n) is 9.28. The van der Waals surface area contributed by atoms with E-state index in [0.29, 0.717) is 5.56 Å². The average Bonchev–Trinajstić information content (AvgIpc) is 3.48. The SMILES string of the molecule is C=Cc1cccc(C(C(=O)NC(C)C)N(C(=O)C(C)NC(=O)OC(C)(C)C)C2CC2)c1. The van der Waals surface area contributed by atoms with Crippen LogP contribution in [0.3, 0.4) is 0 Å². The van der Waals surface area contributed by atoms with Gasteiger partial charge >= 0.3 is 6.09 Å². The zero-order valence-electron chi connectivity index (χ0n) is 19.4. The molecule has 0 spiro atoms. The number of ether oxygens (including phenoxy) is 1. The number of carbonyl (C=O) groups excluding carboxylic acids is 3. The molecule has 0 aromatic heterocycles. The minimum atomic E-state index is -0.840. The van der Waals surface area contributed by atoms with Crippen LogP contribution >= 0.6 is 0 Å². The van der Waals surface area contributed by atoms with E-state index in [1.54, 1.807) is 38.7 Å². The standard InChI is InChI=1S/C24H35N3O4/c1-8-17-10-9-11-18(14-17)20(21(28)25-15(2)3)27(19-12-13-19)22(29)16(4)26-23(30)31-24(5,6)7/h8-11,14-16,19-20H,1,12-13H2,2-7H3,(H,25,28)(H,26,30). The van der Waals surface area contributed by atoms with E-state index in [2.05, 4.69) is 17.2 Å². The van der Waals surface area contributed by atoms with E-state index in [-0.39, 0.29) is 23.9 Å². The molecule has 2 atom stereocenters. The van der Waals surface area contributed by atoms with Crippen molar-refractivity contribution in [2.75, 3.05) is 0 Å². The van der Waals surface area contributed by atoms with Crippen molar-refractivity contribution < 1.29 is 19.1 Å². The first-order valence-corrected chi connectivity index (χ1v) is 10.8. The molecular formula is C24H35N3O4. The fourth-order valence-electron chi connectivity index (χ4n) is 3.30. The number of alkyl carbamates (subject to hydrolysis) is 1. The average molecular weight is 430 g/mol. The van der Waals surface area contributed by atoms with Gasteiger partial charge in [0.15, 0.2) is 0 Å². The summed E-state index contributed by atoms with van der Waals surface area (Å²) < 4.78 is 5.28. The third-order valence-corrected chi connectivity index (χ3v) is 4.72. The largest absolute Gasteiger partial charge is 0.444 e. The highest BCUT2D eigenvalue weighted by Crippen LogP contribution is 2.36. The van der Waals surface area contributed by atoms with Crippen molar-refractivity contribution in [1.29, 1.82) is 0 Å². The van der Waals surface area contributed by atoms with Crippen LogP contribution in [-0.2, 0) is 14.3 Å². The van der Waals surface area contributed by atoms with Gasteiger partial charge in [-0.25, -0.2) is 4.79 Å². The van der Waals surface area contributed by atoms with Crippen molar-refractivity contribution in [3.8, 4) is 0 Å². The molecule has 2 N–H and O–H groups in total. The van der Waals surface area contributed by atoms with Crippen molar-refractivity contribution in [2.45, 2.75) is 84.2 Å². The van der Waals surface area contributed by atoms with E-state index >= 15 is 0 Å². The van der Waals surface area contributed by atoms with Gasteiger partial charge in [-0.05, 0) is 71.6 Å². The predicted molar refractivity (Wildman–Crippen MR) is 121 cm³/mol. The number of hydrogen-bond donors (Lipinski definition) is 2. The van der Waals surface area contributed by atoms with Gasteiger partial charge in [0.05, 0.1) is 0 Å². The Labute approximate surface area is 185 Å². The molecule has 0 bridgehead atoms. The van der Waals surface area contributed by atoms with Crippen LogP contribution in [0.25, 0.3) is 6.08 Å². The summed E-state index contributed by atoms with van der Waals surface area (Å²) in [5, 5.41) is 5.54. The van der Waals surface area contributed by atoms with E-state index < -0.39 is 23.8 Å². The van der Waals surface area contributed by atoms with Crippen LogP contribution in [0, 0.1) is 0 Å². The topological polar surface area (TPSA) is 87.7 Å². The lowest BCUT2D eigenvalue weighted by Crippen LogP contribution is -2.53. The van der Waals surface area contributed by atoms with Crippen molar-refractivity contribution in [3.05, 3.63) is 42.0 Å². The van der Waals surface area contributed by atoms with Gasteiger partial charge in [-0.3, -0.25) is 9.59 Å². The summed E-state index contributed by atoms with van der Waals surface area (Å²) in [6.07, 6.45) is 2.67. The van der Waals surface area contributed by atoms with Gasteiger partial charge in [-0.15, -0.1) is 0 Å². The number of nitrogens with zero attached hydrogens (tertiary/aromatic N) is 1. The second kappa shape index (κ2) is 9.98. The maximum Gasteiger partial charge on any atom is 0.408 e. The van der Waals surface area contributed by atoms with Crippen LogP contribution in [-0.4, -0.2) is 46.5 Å². The third-order valence-electron chi connectivity index (χ3n) is 4.72. The Bertz CT molecular complexity index is 824. The first kappa shape index (κ1) is 24.4. The number of hydrogen-bond acceptors (Lipinski definition) is 4. The van der Waals surface area contributed by atoms with E-state index in [4.69, 9.17) is 4.74 Å². The molecule has 1 aliphatic rings. The first-order chi connectivity index (χ1) is 14.4. The maximum absolute atomic E-state index is 13.4. The lowest BCUT2D eigenvalue weighted by atomic mass is 10.00. The second-order valence-corrected chi connectivity index (χ2v) is 9.28. The van der Waals surface area contributed by atoms with E-state index in [0.717, 1.165) is 18.4 Å². The lowest BCUT2D eigenvalue weighted by molar-refractivity contribution is -0.143. The molecule has 2 unspecified atom stereocenters. The Hall–Kier alpha value is -2.83. The Kier molecular flexibility index (Phi) is 7.87. The monoisotopic (exact) mass is 429 g/mol. The van der Waals surface area contributed by atoms with E-state index in [1.165, 1.54) is 0 Å². The summed E-state index contributed by atoms with van der Waals surface area (Å²) >= 11 is 0. The van der Waals surface area contributed by atoms with Gasteiger partial charge in [0.1, 0.15) is 17.7 Å². The Morgan fingerprint density at radius 3 is 2.32 bits per heavy atom. The summed E-state index contributed by atoms with van der Waals surface area (Å²) in [5.74, 6) is -0.567. The molecule has 1 saturated carbocycles. The minimum absolute atomic E-state index is 0.0503. The number of rotatable bonds is 8. The smallest absolute Gasteiger partial charge is 0.408 e. The van der Waals surface area contributed by atoms with Crippen LogP contribution in [0.5, 0.6) is 0 Å². The fourth-order valence-corrected chi connectivity index (χ4v) is 3.30. The quantitative estimate of drug-likeness (QED) is 0.658. The lowest BCUT2D eigenvalue weighted by Gasteiger charge is -2.34. The third kappa shape index (κ3) is 7.12. The molecule has 0 saturated heterocycles. The molecule has 7 heteroatoms. The molecule has 0 aliphatic heterocycles. The minimum Gasteiger partial charge on any atom is -0.444 e. The Balaban J connectivity index is 2.35. The van der Waals surface area contributed by atoms with Crippen LogP contribution in [0.1, 0.15) is 71.6 Å². The molecule has 31 heavy (non-hydrogen) atoms. The van der Waals surface area contributed by atoms with Crippen LogP contribution in [0.2, 0.25) is 0 Å². The Morgan fingerprint density at radius 2 is 1.81 bits per heavy atom. The normalized spacial score (nSPS) is 15.6. The summed E-state index contributed by atoms with van der Waals surface area (Å²) in [7, 11) is 0. The maximum atomic E-state index is 13.4. The van der Waals surface area contributed by atoms with Crippen molar-refractivity contribution >= 4 is 24.0 Å². The highest BCUT2D eigenvalue weighted by molar-refractivity contribution is 5.92. The molecular weight excluding hydrogens is 394 g/mol. The number of benzene rings is 1. The number of amides is 3. The van der Waals surface area contributed by atoms with Gasteiger partial charge in [0, 0.05) is 12.1 Å². The van der Waals surface area contributed by atoms with Crippen molar-refractivity contribution in [1.82, 2.24) is 15.5 Å². The number of carbonyl (C=O) groups is 3. The summed E-state index contributed by atoms with van der Waals surface area (Å²) in [6, 6.07) is 5.68. The molecule has 0 heterocycles. The van der Waals surface area contributed by atoms with Crippen molar-refractivity contribution in [2.24, 2.45) is 0 Å². The van der Waals surface area contributed by atoms with Crippen LogP contribution in [0.15, 0.2) is 30.8 Å². The molecule has 3 amide bonds. The highest BCUT2D eigenvalue weighted by atomic mass is 16.6. The summed E-state index contributed by atoms with van der Waals surface area (Å²) in [5.41, 5.74) is 0.900. The first-order valence-electron chi connectivity index (χ1n) is 10.8. The molecule has 1 fully saturated rings. The molecule has 1 aromatic rings. The van der Waals surface area contributed by atoms with E-state index in [1.807, 2.05) is 38.1 Å². The number of nitrogens with one attached hydrogen (secondary N) is 2. The molecule has 0 radical (unpaired) electrons. The zero-order chi connectivity index (χ0) is 23.3. The van der Waals surface area contributed by atoms with Gasteiger partial charge in [0.25, 0.3) is 0 Å². The fraction of sp³-hybridized carbons (Fsp3) is 0.542. The van der Waals surface area contributed by atoms with Gasteiger partial charge in [0.2, 0.25) is 11.8 Å². The molecule has 1 aliphatic carbocycles. The summed E-state index contributed by atoms with van der Waals surface area (Å²) in [6.45, 7) is 14.4. The van der Waals surface area contributed by atoms with E-state index in [9.17, 15) is 14.4 Å². The molecule has 2 rings (SSSR count). The molecule has 7 nitrogen and oxygen atoms in total. The van der Waals surface area contributed by atoms with Crippen molar-refractivity contribution in [3.63, 3.8) is 0 Å².